The SMILES string of the molecule is COc1ccc(C)cc1CCNC(=O)C1CNCCO1. The molecule has 1 heterocycles. The number of carbonyl (C=O) groups is 1. The Labute approximate surface area is 119 Å². The third kappa shape index (κ3) is 3.95. The van der Waals surface area contributed by atoms with Crippen LogP contribution in [0.25, 0.3) is 0 Å². The first kappa shape index (κ1) is 14.8. The first-order valence-corrected chi connectivity index (χ1v) is 6.94. The molecule has 1 amide bonds. The van der Waals surface area contributed by atoms with Crippen LogP contribution in [0.1, 0.15) is 11.1 Å². The summed E-state index contributed by atoms with van der Waals surface area (Å²) in [5, 5.41) is 6.06. The van der Waals surface area contributed by atoms with Gasteiger partial charge in [-0.3, -0.25) is 4.79 Å². The minimum Gasteiger partial charge on any atom is -0.496 e. The van der Waals surface area contributed by atoms with Gasteiger partial charge >= 0.3 is 0 Å². The number of carbonyl (C=O) groups excluding carboxylic acids is 1. The summed E-state index contributed by atoms with van der Waals surface area (Å²) in [5.74, 6) is 0.809. The molecule has 20 heavy (non-hydrogen) atoms. The minimum absolute atomic E-state index is 0.0520. The summed E-state index contributed by atoms with van der Waals surface area (Å²) in [4.78, 5) is 11.9. The van der Waals surface area contributed by atoms with E-state index in [-0.39, 0.29) is 12.0 Å². The number of morpholine rings is 1. The van der Waals surface area contributed by atoms with Crippen molar-refractivity contribution in [2.45, 2.75) is 19.4 Å². The molecule has 110 valence electrons. The predicted octanol–water partition coefficient (Wildman–Crippen LogP) is 0.651. The molecule has 5 heteroatoms. The molecule has 1 aromatic carbocycles. The van der Waals surface area contributed by atoms with Gasteiger partial charge in [-0.1, -0.05) is 17.7 Å². The second-order valence-electron chi connectivity index (χ2n) is 4.92. The highest BCUT2D eigenvalue weighted by Crippen LogP contribution is 2.19. The number of ether oxygens (including phenoxy) is 2. The average molecular weight is 278 g/mol. The van der Waals surface area contributed by atoms with E-state index in [1.807, 2.05) is 19.1 Å². The summed E-state index contributed by atoms with van der Waals surface area (Å²) < 4.78 is 10.7. The van der Waals surface area contributed by atoms with Gasteiger partial charge in [0.15, 0.2) is 0 Å². The summed E-state index contributed by atoms with van der Waals surface area (Å²) in [7, 11) is 1.66. The van der Waals surface area contributed by atoms with Crippen LogP contribution < -0.4 is 15.4 Å². The quantitative estimate of drug-likeness (QED) is 0.830. The van der Waals surface area contributed by atoms with Crippen molar-refractivity contribution < 1.29 is 14.3 Å². The van der Waals surface area contributed by atoms with Crippen molar-refractivity contribution >= 4 is 5.91 Å². The topological polar surface area (TPSA) is 59.6 Å². The zero-order valence-corrected chi connectivity index (χ0v) is 12.1. The summed E-state index contributed by atoms with van der Waals surface area (Å²) in [5.41, 5.74) is 2.29. The van der Waals surface area contributed by atoms with Crippen LogP contribution >= 0.6 is 0 Å². The molecule has 1 aliphatic rings. The van der Waals surface area contributed by atoms with Crippen LogP contribution in [0.15, 0.2) is 18.2 Å². The van der Waals surface area contributed by atoms with E-state index >= 15 is 0 Å². The number of hydrogen-bond donors (Lipinski definition) is 2. The Bertz CT molecular complexity index is 456. The molecule has 1 aromatic rings. The highest BCUT2D eigenvalue weighted by Gasteiger charge is 2.21. The minimum atomic E-state index is -0.372. The third-order valence-corrected chi connectivity index (χ3v) is 3.35. The van der Waals surface area contributed by atoms with Crippen molar-refractivity contribution in [3.63, 3.8) is 0 Å². The molecule has 5 nitrogen and oxygen atoms in total. The smallest absolute Gasteiger partial charge is 0.250 e. The summed E-state index contributed by atoms with van der Waals surface area (Å²) >= 11 is 0. The number of amides is 1. The summed E-state index contributed by atoms with van der Waals surface area (Å²) in [6.07, 6.45) is 0.375. The Morgan fingerprint density at radius 2 is 2.40 bits per heavy atom. The van der Waals surface area contributed by atoms with Gasteiger partial charge in [0.05, 0.1) is 13.7 Å². The monoisotopic (exact) mass is 278 g/mol. The average Bonchev–Trinajstić information content (AvgIpc) is 2.48. The lowest BCUT2D eigenvalue weighted by atomic mass is 10.1. The van der Waals surface area contributed by atoms with E-state index in [0.717, 1.165) is 24.3 Å². The molecule has 1 aliphatic heterocycles. The molecule has 1 saturated heterocycles. The van der Waals surface area contributed by atoms with E-state index in [0.29, 0.717) is 19.7 Å². The van der Waals surface area contributed by atoms with Crippen molar-refractivity contribution in [2.75, 3.05) is 33.4 Å². The van der Waals surface area contributed by atoms with E-state index in [9.17, 15) is 4.79 Å². The van der Waals surface area contributed by atoms with Crippen LogP contribution in [0.2, 0.25) is 0 Å². The molecule has 1 fully saturated rings. The Morgan fingerprint density at radius 3 is 3.10 bits per heavy atom. The molecule has 0 aromatic heterocycles. The maximum absolute atomic E-state index is 11.9. The fraction of sp³-hybridized carbons (Fsp3) is 0.533. The Morgan fingerprint density at radius 1 is 1.55 bits per heavy atom. The van der Waals surface area contributed by atoms with Crippen LogP contribution in [0, 0.1) is 6.92 Å². The van der Waals surface area contributed by atoms with Crippen LogP contribution in [-0.2, 0) is 16.0 Å². The van der Waals surface area contributed by atoms with Crippen LogP contribution in [0.4, 0.5) is 0 Å². The van der Waals surface area contributed by atoms with Crippen LogP contribution in [-0.4, -0.2) is 45.4 Å². The molecular weight excluding hydrogens is 256 g/mol. The van der Waals surface area contributed by atoms with Gasteiger partial charge in [0.2, 0.25) is 5.91 Å². The molecule has 2 rings (SSSR count). The van der Waals surface area contributed by atoms with E-state index in [1.54, 1.807) is 7.11 Å². The van der Waals surface area contributed by atoms with Gasteiger partial charge in [-0.2, -0.15) is 0 Å². The van der Waals surface area contributed by atoms with Crippen molar-refractivity contribution in [3.05, 3.63) is 29.3 Å². The van der Waals surface area contributed by atoms with E-state index in [4.69, 9.17) is 9.47 Å². The van der Waals surface area contributed by atoms with Crippen LogP contribution in [0.3, 0.4) is 0 Å². The maximum atomic E-state index is 11.9. The van der Waals surface area contributed by atoms with Crippen molar-refractivity contribution in [1.82, 2.24) is 10.6 Å². The number of aryl methyl sites for hydroxylation is 1. The molecule has 1 atom stereocenters. The van der Waals surface area contributed by atoms with Gasteiger partial charge < -0.3 is 20.1 Å². The van der Waals surface area contributed by atoms with Gasteiger partial charge in [-0.15, -0.1) is 0 Å². The van der Waals surface area contributed by atoms with Crippen molar-refractivity contribution in [3.8, 4) is 5.75 Å². The fourth-order valence-electron chi connectivity index (χ4n) is 2.27. The fourth-order valence-corrected chi connectivity index (χ4v) is 2.27. The van der Waals surface area contributed by atoms with Crippen molar-refractivity contribution in [2.24, 2.45) is 0 Å². The van der Waals surface area contributed by atoms with Crippen LogP contribution in [0.5, 0.6) is 5.75 Å². The number of benzene rings is 1. The van der Waals surface area contributed by atoms with Gasteiger partial charge in [-0.05, 0) is 25.0 Å². The van der Waals surface area contributed by atoms with E-state index in [2.05, 4.69) is 16.7 Å². The summed E-state index contributed by atoms with van der Waals surface area (Å²) in [6.45, 7) is 4.61. The lowest BCUT2D eigenvalue weighted by Gasteiger charge is -2.22. The number of hydrogen-bond acceptors (Lipinski definition) is 4. The Hall–Kier alpha value is -1.59. The zero-order valence-electron chi connectivity index (χ0n) is 12.1. The Kier molecular flexibility index (Phi) is 5.38. The van der Waals surface area contributed by atoms with E-state index in [1.165, 1.54) is 5.56 Å². The predicted molar refractivity (Wildman–Crippen MR) is 77.1 cm³/mol. The first-order valence-electron chi connectivity index (χ1n) is 6.94. The van der Waals surface area contributed by atoms with Crippen molar-refractivity contribution in [1.29, 1.82) is 0 Å². The molecular formula is C15H22N2O3. The zero-order chi connectivity index (χ0) is 14.4. The number of methoxy groups -OCH3 is 1. The highest BCUT2D eigenvalue weighted by atomic mass is 16.5. The maximum Gasteiger partial charge on any atom is 0.250 e. The molecule has 0 aliphatic carbocycles. The second kappa shape index (κ2) is 7.26. The molecule has 1 unspecified atom stereocenters. The molecule has 0 spiro atoms. The lowest BCUT2D eigenvalue weighted by molar-refractivity contribution is -0.134. The molecule has 0 radical (unpaired) electrons. The normalized spacial score (nSPS) is 18.6. The third-order valence-electron chi connectivity index (χ3n) is 3.35. The van der Waals surface area contributed by atoms with Gasteiger partial charge in [0.1, 0.15) is 11.9 Å². The lowest BCUT2D eigenvalue weighted by Crippen LogP contribution is -2.48. The van der Waals surface area contributed by atoms with E-state index < -0.39 is 0 Å². The second-order valence-corrected chi connectivity index (χ2v) is 4.92. The standard InChI is InChI=1S/C15H22N2O3/c1-11-3-4-13(19-2)12(9-11)5-6-17-15(18)14-10-16-7-8-20-14/h3-4,9,14,16H,5-8,10H2,1-2H3,(H,17,18). The summed E-state index contributed by atoms with van der Waals surface area (Å²) in [6, 6.07) is 6.06. The molecule has 0 bridgehead atoms. The Balaban J connectivity index is 1.83. The molecule has 0 saturated carbocycles. The molecule has 2 N–H and O–H groups in total. The number of nitrogens with one attached hydrogen (secondary N) is 2. The first-order chi connectivity index (χ1) is 9.70. The highest BCUT2D eigenvalue weighted by molar-refractivity contribution is 5.81. The van der Waals surface area contributed by atoms with Gasteiger partial charge in [0, 0.05) is 19.6 Å². The van der Waals surface area contributed by atoms with Gasteiger partial charge in [-0.25, -0.2) is 0 Å². The number of rotatable bonds is 5. The van der Waals surface area contributed by atoms with Gasteiger partial charge in [0.25, 0.3) is 0 Å². The largest absolute Gasteiger partial charge is 0.496 e.